The first-order valence-corrected chi connectivity index (χ1v) is 4.08. The third-order valence-electron chi connectivity index (χ3n) is 2.23. The van der Waals surface area contributed by atoms with E-state index in [1.165, 1.54) is 0 Å². The first-order valence-electron chi connectivity index (χ1n) is 4.08. The Morgan fingerprint density at radius 3 is 2.82 bits per heavy atom. The van der Waals surface area contributed by atoms with E-state index in [9.17, 15) is 5.11 Å². The lowest BCUT2D eigenvalue weighted by molar-refractivity contribution is -0.0325. The highest BCUT2D eigenvalue weighted by Gasteiger charge is 2.40. The Hall–Kier alpha value is -0.540. The van der Waals surface area contributed by atoms with Crippen LogP contribution >= 0.6 is 0 Å². The molecule has 0 saturated carbocycles. The summed E-state index contributed by atoms with van der Waals surface area (Å²) in [6, 6.07) is 0. The van der Waals surface area contributed by atoms with Gasteiger partial charge in [-0.1, -0.05) is 0 Å². The average Bonchev–Trinajstić information content (AvgIpc) is 2.02. The van der Waals surface area contributed by atoms with Crippen LogP contribution in [-0.2, 0) is 4.74 Å². The largest absolute Gasteiger partial charge is 0.495 e. The van der Waals surface area contributed by atoms with E-state index in [1.807, 2.05) is 6.08 Å². The number of aliphatic hydroxyl groups is 1. The van der Waals surface area contributed by atoms with Crippen molar-refractivity contribution in [1.82, 2.24) is 5.32 Å². The van der Waals surface area contributed by atoms with Crippen LogP contribution in [0.5, 0.6) is 0 Å². The van der Waals surface area contributed by atoms with Crippen molar-refractivity contribution in [2.75, 3.05) is 19.7 Å². The first kappa shape index (κ1) is 7.13. The summed E-state index contributed by atoms with van der Waals surface area (Å²) in [5, 5.41) is 12.8. The van der Waals surface area contributed by atoms with Crippen LogP contribution in [0, 0.1) is 0 Å². The van der Waals surface area contributed by atoms with Gasteiger partial charge in [-0.05, 0) is 18.9 Å². The third kappa shape index (κ3) is 1.14. The molecule has 0 aromatic rings. The minimum atomic E-state index is -0.680. The highest BCUT2D eigenvalue weighted by molar-refractivity contribution is 5.18. The standard InChI is InChI=1S/C8H13NO2/c10-8(5-9-6-8)7-3-1-2-4-11-7/h3,9-10H,1-2,4-6H2. The maximum absolute atomic E-state index is 9.78. The number of rotatable bonds is 1. The molecule has 2 heterocycles. The minimum absolute atomic E-state index is 0.638. The highest BCUT2D eigenvalue weighted by atomic mass is 16.5. The van der Waals surface area contributed by atoms with Gasteiger partial charge in [0.2, 0.25) is 0 Å². The lowest BCUT2D eigenvalue weighted by Gasteiger charge is -2.39. The molecule has 11 heavy (non-hydrogen) atoms. The van der Waals surface area contributed by atoms with Crippen LogP contribution in [0.3, 0.4) is 0 Å². The van der Waals surface area contributed by atoms with Crippen molar-refractivity contribution >= 4 is 0 Å². The molecule has 62 valence electrons. The van der Waals surface area contributed by atoms with Gasteiger partial charge in [-0.3, -0.25) is 0 Å². The van der Waals surface area contributed by atoms with Gasteiger partial charge in [0.25, 0.3) is 0 Å². The molecule has 0 unspecified atom stereocenters. The molecule has 2 rings (SSSR count). The van der Waals surface area contributed by atoms with Gasteiger partial charge in [0.05, 0.1) is 6.61 Å². The molecule has 1 saturated heterocycles. The summed E-state index contributed by atoms with van der Waals surface area (Å²) in [5.74, 6) is 0.780. The zero-order chi connectivity index (χ0) is 7.73. The molecule has 0 radical (unpaired) electrons. The van der Waals surface area contributed by atoms with Crippen LogP contribution in [0.25, 0.3) is 0 Å². The number of β-amino-alcohol motifs (C(OH)–C–C–N with tert-alkyl or cyclic N) is 1. The van der Waals surface area contributed by atoms with Gasteiger partial charge in [0.1, 0.15) is 11.4 Å². The molecule has 0 atom stereocenters. The monoisotopic (exact) mass is 155 g/mol. The molecule has 3 heteroatoms. The van der Waals surface area contributed by atoms with Crippen molar-refractivity contribution in [3.63, 3.8) is 0 Å². The fraction of sp³-hybridized carbons (Fsp3) is 0.750. The number of ether oxygens (including phenoxy) is 1. The highest BCUT2D eigenvalue weighted by Crippen LogP contribution is 2.25. The molecule has 0 amide bonds. The van der Waals surface area contributed by atoms with Crippen LogP contribution < -0.4 is 5.32 Å². The van der Waals surface area contributed by atoms with Gasteiger partial charge >= 0.3 is 0 Å². The molecule has 2 aliphatic heterocycles. The summed E-state index contributed by atoms with van der Waals surface area (Å²) in [6.45, 7) is 2.03. The van der Waals surface area contributed by atoms with E-state index < -0.39 is 5.60 Å². The van der Waals surface area contributed by atoms with Crippen molar-refractivity contribution < 1.29 is 9.84 Å². The predicted molar refractivity (Wildman–Crippen MR) is 41.1 cm³/mol. The van der Waals surface area contributed by atoms with Crippen molar-refractivity contribution in [2.24, 2.45) is 0 Å². The second-order valence-corrected chi connectivity index (χ2v) is 3.19. The third-order valence-corrected chi connectivity index (χ3v) is 2.23. The molecule has 0 aromatic carbocycles. The van der Waals surface area contributed by atoms with Gasteiger partial charge in [-0.15, -0.1) is 0 Å². The Kier molecular flexibility index (Phi) is 1.62. The quantitative estimate of drug-likeness (QED) is 0.560. The van der Waals surface area contributed by atoms with Gasteiger partial charge in [-0.2, -0.15) is 0 Å². The maximum Gasteiger partial charge on any atom is 0.146 e. The van der Waals surface area contributed by atoms with Crippen LogP contribution in [0.4, 0.5) is 0 Å². The molecule has 2 aliphatic rings. The smallest absolute Gasteiger partial charge is 0.146 e. The minimum Gasteiger partial charge on any atom is -0.495 e. The van der Waals surface area contributed by atoms with Gasteiger partial charge < -0.3 is 15.2 Å². The van der Waals surface area contributed by atoms with Crippen LogP contribution in [0.15, 0.2) is 11.8 Å². The van der Waals surface area contributed by atoms with Crippen LogP contribution in [0.1, 0.15) is 12.8 Å². The lowest BCUT2D eigenvalue weighted by Crippen LogP contribution is -2.61. The van der Waals surface area contributed by atoms with E-state index in [0.29, 0.717) is 13.1 Å². The summed E-state index contributed by atoms with van der Waals surface area (Å²) in [7, 11) is 0. The molecular weight excluding hydrogens is 142 g/mol. The topological polar surface area (TPSA) is 41.5 Å². The van der Waals surface area contributed by atoms with Crippen LogP contribution in [0.2, 0.25) is 0 Å². The molecule has 0 bridgehead atoms. The molecular formula is C8H13NO2. The van der Waals surface area contributed by atoms with Crippen molar-refractivity contribution in [3.05, 3.63) is 11.8 Å². The Balaban J connectivity index is 2.07. The molecule has 3 nitrogen and oxygen atoms in total. The lowest BCUT2D eigenvalue weighted by atomic mass is 9.93. The van der Waals surface area contributed by atoms with Crippen LogP contribution in [-0.4, -0.2) is 30.4 Å². The van der Waals surface area contributed by atoms with E-state index in [2.05, 4.69) is 5.32 Å². The van der Waals surface area contributed by atoms with Gasteiger partial charge in [0.15, 0.2) is 0 Å². The zero-order valence-corrected chi connectivity index (χ0v) is 6.47. The summed E-state index contributed by atoms with van der Waals surface area (Å²) >= 11 is 0. The second kappa shape index (κ2) is 2.50. The van der Waals surface area contributed by atoms with E-state index in [4.69, 9.17) is 4.74 Å². The van der Waals surface area contributed by atoms with Crippen molar-refractivity contribution in [1.29, 1.82) is 0 Å². The van der Waals surface area contributed by atoms with Crippen molar-refractivity contribution in [3.8, 4) is 0 Å². The fourth-order valence-electron chi connectivity index (χ4n) is 1.42. The van der Waals surface area contributed by atoms with Gasteiger partial charge in [-0.25, -0.2) is 0 Å². The van der Waals surface area contributed by atoms with E-state index >= 15 is 0 Å². The normalized spacial score (nSPS) is 28.3. The number of nitrogens with one attached hydrogen (secondary N) is 1. The summed E-state index contributed by atoms with van der Waals surface area (Å²) < 4.78 is 5.36. The molecule has 0 spiro atoms. The van der Waals surface area contributed by atoms with Crippen molar-refractivity contribution in [2.45, 2.75) is 18.4 Å². The Morgan fingerprint density at radius 2 is 2.36 bits per heavy atom. The van der Waals surface area contributed by atoms with E-state index in [1.54, 1.807) is 0 Å². The molecule has 0 aromatic heterocycles. The van der Waals surface area contributed by atoms with Gasteiger partial charge in [0, 0.05) is 13.1 Å². The fourth-order valence-corrected chi connectivity index (χ4v) is 1.42. The SMILES string of the molecule is OC1(C2=CCCCO2)CNC1. The molecule has 2 N–H and O–H groups in total. The number of allylic oxidation sites excluding steroid dienone is 1. The Bertz CT molecular complexity index is 185. The molecule has 0 aliphatic carbocycles. The van der Waals surface area contributed by atoms with E-state index in [0.717, 1.165) is 25.2 Å². The second-order valence-electron chi connectivity index (χ2n) is 3.19. The Labute approximate surface area is 66.1 Å². The number of hydrogen-bond donors (Lipinski definition) is 2. The summed E-state index contributed by atoms with van der Waals surface area (Å²) in [5.41, 5.74) is -0.680. The predicted octanol–water partition coefficient (Wildman–Crippen LogP) is 0.0150. The molecule has 1 fully saturated rings. The maximum atomic E-state index is 9.78. The summed E-state index contributed by atoms with van der Waals surface area (Å²) in [6.07, 6.45) is 4.12. The zero-order valence-electron chi connectivity index (χ0n) is 6.47. The number of hydrogen-bond acceptors (Lipinski definition) is 3. The Morgan fingerprint density at radius 1 is 1.55 bits per heavy atom. The van der Waals surface area contributed by atoms with E-state index in [-0.39, 0.29) is 0 Å². The first-order chi connectivity index (χ1) is 5.31. The summed E-state index contributed by atoms with van der Waals surface area (Å²) in [4.78, 5) is 0. The average molecular weight is 155 g/mol.